The summed E-state index contributed by atoms with van der Waals surface area (Å²) in [5.41, 5.74) is 4.16. The molecule has 3 aromatic rings. The zero-order chi connectivity index (χ0) is 17.8. The predicted molar refractivity (Wildman–Crippen MR) is 100.0 cm³/mol. The van der Waals surface area contributed by atoms with Crippen molar-refractivity contribution in [3.05, 3.63) is 83.4 Å². The fourth-order valence-corrected chi connectivity index (χ4v) is 3.68. The molecule has 1 atom stereocenters. The molecule has 1 aliphatic rings. The van der Waals surface area contributed by atoms with E-state index in [1.165, 1.54) is 11.1 Å². The van der Waals surface area contributed by atoms with Gasteiger partial charge in [-0.3, -0.25) is 14.9 Å². The second-order valence-electron chi connectivity index (χ2n) is 6.78. The third kappa shape index (κ3) is 3.52. The van der Waals surface area contributed by atoms with Crippen LogP contribution in [0.4, 0.5) is 0 Å². The maximum absolute atomic E-state index is 12.7. The van der Waals surface area contributed by atoms with Crippen LogP contribution < -0.4 is 0 Å². The third-order valence-electron chi connectivity index (χ3n) is 4.99. The summed E-state index contributed by atoms with van der Waals surface area (Å²) in [5.74, 6) is 0.303. The van der Waals surface area contributed by atoms with E-state index in [-0.39, 0.29) is 11.8 Å². The molecule has 3 heterocycles. The Kier molecular flexibility index (Phi) is 4.78. The Bertz CT molecular complexity index is 860. The first-order valence-corrected chi connectivity index (χ1v) is 9.07. The summed E-state index contributed by atoms with van der Waals surface area (Å²) in [7, 11) is 0. The summed E-state index contributed by atoms with van der Waals surface area (Å²) in [6, 6.07) is 15.9. The van der Waals surface area contributed by atoms with Gasteiger partial charge in [0.05, 0.1) is 6.20 Å². The van der Waals surface area contributed by atoms with Crippen LogP contribution in [0.25, 0.3) is 0 Å². The number of hydrogen-bond donors (Lipinski definition) is 1. The van der Waals surface area contributed by atoms with Crippen molar-refractivity contribution in [3.8, 4) is 0 Å². The minimum atomic E-state index is 0.0134. The van der Waals surface area contributed by atoms with Crippen molar-refractivity contribution in [1.29, 1.82) is 0 Å². The van der Waals surface area contributed by atoms with Gasteiger partial charge in [-0.25, -0.2) is 0 Å². The Labute approximate surface area is 153 Å². The Morgan fingerprint density at radius 1 is 1.15 bits per heavy atom. The molecule has 5 nitrogen and oxygen atoms in total. The van der Waals surface area contributed by atoms with E-state index < -0.39 is 0 Å². The average molecular weight is 346 g/mol. The average Bonchev–Trinajstić information content (AvgIpc) is 3.17. The lowest BCUT2D eigenvalue weighted by Gasteiger charge is -2.32. The summed E-state index contributed by atoms with van der Waals surface area (Å²) in [6.45, 7) is 1.49. The van der Waals surface area contributed by atoms with Crippen LogP contribution in [0.15, 0.2) is 60.9 Å². The number of hydrogen-bond acceptors (Lipinski definition) is 3. The van der Waals surface area contributed by atoms with E-state index >= 15 is 0 Å². The van der Waals surface area contributed by atoms with Crippen molar-refractivity contribution in [1.82, 2.24) is 20.1 Å². The molecule has 5 heteroatoms. The van der Waals surface area contributed by atoms with Crippen molar-refractivity contribution < 1.29 is 4.79 Å². The SMILES string of the molecule is O=C(c1ccccn1)N1CCC[C@@H](c2[nH]ncc2Cc2ccccc2)C1. The molecule has 0 bridgehead atoms. The molecule has 1 fully saturated rings. The van der Waals surface area contributed by atoms with Crippen LogP contribution in [-0.4, -0.2) is 39.1 Å². The zero-order valence-electron chi connectivity index (χ0n) is 14.6. The van der Waals surface area contributed by atoms with Gasteiger partial charge < -0.3 is 4.90 Å². The third-order valence-corrected chi connectivity index (χ3v) is 4.99. The number of aromatic nitrogens is 3. The van der Waals surface area contributed by atoms with Gasteiger partial charge in [-0.2, -0.15) is 5.10 Å². The lowest BCUT2D eigenvalue weighted by atomic mass is 9.90. The highest BCUT2D eigenvalue weighted by molar-refractivity contribution is 5.92. The number of nitrogens with zero attached hydrogens (tertiary/aromatic N) is 3. The van der Waals surface area contributed by atoms with Crippen molar-refractivity contribution in [3.63, 3.8) is 0 Å². The second kappa shape index (κ2) is 7.52. The number of benzene rings is 1. The van der Waals surface area contributed by atoms with Crippen LogP contribution in [0.1, 0.15) is 46.1 Å². The number of amides is 1. The van der Waals surface area contributed by atoms with Crippen LogP contribution in [-0.2, 0) is 6.42 Å². The number of piperidine rings is 1. The van der Waals surface area contributed by atoms with E-state index in [4.69, 9.17) is 0 Å². The summed E-state index contributed by atoms with van der Waals surface area (Å²) in [5, 5.41) is 7.47. The zero-order valence-corrected chi connectivity index (χ0v) is 14.6. The Morgan fingerprint density at radius 2 is 2.00 bits per heavy atom. The molecular formula is C21H22N4O. The van der Waals surface area contributed by atoms with Gasteiger partial charge in [-0.05, 0) is 36.1 Å². The van der Waals surface area contributed by atoms with E-state index in [1.807, 2.05) is 29.3 Å². The molecule has 1 aromatic carbocycles. The van der Waals surface area contributed by atoms with E-state index in [1.54, 1.807) is 12.3 Å². The van der Waals surface area contributed by atoms with Gasteiger partial charge in [0.15, 0.2) is 0 Å². The second-order valence-corrected chi connectivity index (χ2v) is 6.78. The van der Waals surface area contributed by atoms with Crippen LogP contribution in [0.3, 0.4) is 0 Å². The number of pyridine rings is 1. The maximum atomic E-state index is 12.7. The standard InChI is InChI=1S/C21H22N4O/c26-21(19-10-4-5-11-22-19)25-12-6-9-17(15-25)20-18(14-23-24-20)13-16-7-2-1-3-8-16/h1-5,7-8,10-11,14,17H,6,9,12-13,15H2,(H,23,24)/t17-/m1/s1. The summed E-state index contributed by atoms with van der Waals surface area (Å²) in [4.78, 5) is 18.9. The van der Waals surface area contributed by atoms with Gasteiger partial charge in [0.25, 0.3) is 5.91 Å². The fraction of sp³-hybridized carbons (Fsp3) is 0.286. The largest absolute Gasteiger partial charge is 0.337 e. The smallest absolute Gasteiger partial charge is 0.272 e. The molecule has 0 radical (unpaired) electrons. The van der Waals surface area contributed by atoms with Gasteiger partial charge >= 0.3 is 0 Å². The maximum Gasteiger partial charge on any atom is 0.272 e. The molecule has 2 aromatic heterocycles. The van der Waals surface area contributed by atoms with E-state index in [2.05, 4.69) is 39.4 Å². The number of aromatic amines is 1. The van der Waals surface area contributed by atoms with Gasteiger partial charge in [0.1, 0.15) is 5.69 Å². The number of H-pyrrole nitrogens is 1. The first-order valence-electron chi connectivity index (χ1n) is 9.07. The summed E-state index contributed by atoms with van der Waals surface area (Å²) in [6.07, 6.45) is 6.50. The molecule has 1 saturated heterocycles. The van der Waals surface area contributed by atoms with Crippen molar-refractivity contribution in [2.75, 3.05) is 13.1 Å². The normalized spacial score (nSPS) is 17.2. The summed E-state index contributed by atoms with van der Waals surface area (Å²) < 4.78 is 0. The highest BCUT2D eigenvalue weighted by atomic mass is 16.2. The van der Waals surface area contributed by atoms with E-state index in [9.17, 15) is 4.79 Å². The monoisotopic (exact) mass is 346 g/mol. The highest BCUT2D eigenvalue weighted by Crippen LogP contribution is 2.29. The number of nitrogens with one attached hydrogen (secondary N) is 1. The minimum absolute atomic E-state index is 0.0134. The van der Waals surface area contributed by atoms with Crippen LogP contribution >= 0.6 is 0 Å². The van der Waals surface area contributed by atoms with Crippen LogP contribution in [0.2, 0.25) is 0 Å². The van der Waals surface area contributed by atoms with Crippen molar-refractivity contribution in [2.24, 2.45) is 0 Å². The molecule has 1 aliphatic heterocycles. The van der Waals surface area contributed by atoms with Gasteiger partial charge in [0.2, 0.25) is 0 Å². The molecule has 4 rings (SSSR count). The topological polar surface area (TPSA) is 61.9 Å². The van der Waals surface area contributed by atoms with Crippen LogP contribution in [0, 0.1) is 0 Å². The quantitative estimate of drug-likeness (QED) is 0.787. The summed E-state index contributed by atoms with van der Waals surface area (Å²) >= 11 is 0. The molecular weight excluding hydrogens is 324 g/mol. The first-order chi connectivity index (χ1) is 12.8. The van der Waals surface area contributed by atoms with Crippen LogP contribution in [0.5, 0.6) is 0 Å². The minimum Gasteiger partial charge on any atom is -0.337 e. The first kappa shape index (κ1) is 16.5. The van der Waals surface area contributed by atoms with Gasteiger partial charge in [-0.1, -0.05) is 36.4 Å². The molecule has 1 amide bonds. The fourth-order valence-electron chi connectivity index (χ4n) is 3.68. The Morgan fingerprint density at radius 3 is 2.81 bits per heavy atom. The molecule has 0 unspecified atom stereocenters. The molecule has 1 N–H and O–H groups in total. The lowest BCUT2D eigenvalue weighted by molar-refractivity contribution is 0.0699. The van der Waals surface area contributed by atoms with Gasteiger partial charge in [-0.15, -0.1) is 0 Å². The van der Waals surface area contributed by atoms with E-state index in [0.717, 1.165) is 31.5 Å². The molecule has 0 spiro atoms. The number of likely N-dealkylation sites (tertiary alicyclic amines) is 1. The molecule has 0 aliphatic carbocycles. The molecule has 0 saturated carbocycles. The molecule has 26 heavy (non-hydrogen) atoms. The lowest BCUT2D eigenvalue weighted by Crippen LogP contribution is -2.39. The Hall–Kier alpha value is -2.95. The van der Waals surface area contributed by atoms with Crippen molar-refractivity contribution >= 4 is 5.91 Å². The number of rotatable bonds is 4. The number of carbonyl (C=O) groups excluding carboxylic acids is 1. The highest BCUT2D eigenvalue weighted by Gasteiger charge is 2.28. The predicted octanol–water partition coefficient (Wildman–Crippen LogP) is 3.42. The Balaban J connectivity index is 1.50. The molecule has 132 valence electrons. The van der Waals surface area contributed by atoms with E-state index in [0.29, 0.717) is 12.2 Å². The number of carbonyl (C=O) groups is 1. The van der Waals surface area contributed by atoms with Crippen molar-refractivity contribution in [2.45, 2.75) is 25.2 Å². The van der Waals surface area contributed by atoms with Gasteiger partial charge in [0, 0.05) is 37.3 Å².